The Hall–Kier alpha value is 0.0383. The molecule has 0 radical (unpaired) electrons. The first-order chi connectivity index (χ1) is 5.38. The van der Waals surface area contributed by atoms with E-state index in [1.165, 1.54) is 50.6 Å². The molecule has 11 heavy (non-hydrogen) atoms. The fraction of sp³-hybridized carbons (Fsp3) is 0.500. The standard InChI is InChI=1S/C10H13.W/c1-3-6-9(2)10-7-4-5-8-10;/h1-3,6,10H,4-5,7-8H2;/q-1;/b9-6+;. The van der Waals surface area contributed by atoms with Crippen LogP contribution in [0.25, 0.3) is 0 Å². The maximum absolute atomic E-state index is 5.36. The van der Waals surface area contributed by atoms with Gasteiger partial charge in [0.1, 0.15) is 0 Å². The van der Waals surface area contributed by atoms with E-state index in [1.54, 1.807) is 6.08 Å². The summed E-state index contributed by atoms with van der Waals surface area (Å²) in [5, 5.41) is 0. The van der Waals surface area contributed by atoms with Crippen LogP contribution in [0.2, 0.25) is 0 Å². The summed E-state index contributed by atoms with van der Waals surface area (Å²) in [6, 6.07) is 0. The van der Waals surface area contributed by atoms with Gasteiger partial charge in [-0.15, -0.1) is 0 Å². The number of rotatable bonds is 3. The molecule has 0 N–H and O–H groups in total. The minimum absolute atomic E-state index is 0.812. The molecule has 0 spiro atoms. The molecule has 0 nitrogen and oxygen atoms in total. The average molecular weight is 317 g/mol. The van der Waals surface area contributed by atoms with Crippen LogP contribution in [0.4, 0.5) is 0 Å². The van der Waals surface area contributed by atoms with Gasteiger partial charge in [-0.3, -0.25) is 0 Å². The normalized spacial score (nSPS) is 20.2. The van der Waals surface area contributed by atoms with Crippen LogP contribution in [0.1, 0.15) is 25.7 Å². The summed E-state index contributed by atoms with van der Waals surface area (Å²) in [6.07, 6.45) is 9.24. The third-order valence-electron chi connectivity index (χ3n) is 2.25. The molecule has 0 aromatic carbocycles. The molecule has 0 saturated heterocycles. The van der Waals surface area contributed by atoms with Gasteiger partial charge in [-0.25, -0.2) is 0 Å². The van der Waals surface area contributed by atoms with Crippen molar-refractivity contribution < 1.29 is 19.4 Å². The first kappa shape index (κ1) is 9.13. The molecule has 0 amide bonds. The Labute approximate surface area is 79.8 Å². The monoisotopic (exact) mass is 317 g/mol. The van der Waals surface area contributed by atoms with Gasteiger partial charge in [0.2, 0.25) is 0 Å². The molecule has 0 unspecified atom stereocenters. The van der Waals surface area contributed by atoms with Crippen LogP contribution in [0, 0.1) is 12.5 Å². The van der Waals surface area contributed by atoms with Gasteiger partial charge in [-0.05, 0) is 0 Å². The minimum atomic E-state index is 0.812. The predicted octanol–water partition coefficient (Wildman–Crippen LogP) is 2.44. The third kappa shape index (κ3) is 2.52. The van der Waals surface area contributed by atoms with E-state index >= 15 is 0 Å². The summed E-state index contributed by atoms with van der Waals surface area (Å²) in [5.74, 6) is 0.812. The Balaban J connectivity index is 2.60. The number of hydrogen-bond donors (Lipinski definition) is 0. The van der Waals surface area contributed by atoms with E-state index in [-0.39, 0.29) is 0 Å². The molecule has 0 aliphatic heterocycles. The van der Waals surface area contributed by atoms with Crippen molar-refractivity contribution in [1.82, 2.24) is 0 Å². The quantitative estimate of drug-likeness (QED) is 0.554. The van der Waals surface area contributed by atoms with E-state index in [9.17, 15) is 0 Å². The van der Waals surface area contributed by atoms with Gasteiger partial charge in [-0.2, -0.15) is 0 Å². The van der Waals surface area contributed by atoms with Crippen molar-refractivity contribution in [3.8, 4) is 0 Å². The van der Waals surface area contributed by atoms with Gasteiger partial charge in [-0.1, -0.05) is 0 Å². The van der Waals surface area contributed by atoms with E-state index in [0.29, 0.717) is 0 Å². The van der Waals surface area contributed by atoms with Gasteiger partial charge in [0, 0.05) is 0 Å². The Kier molecular flexibility index (Phi) is 4.00. The van der Waals surface area contributed by atoms with Crippen molar-refractivity contribution in [1.29, 1.82) is 0 Å². The van der Waals surface area contributed by atoms with Crippen molar-refractivity contribution in [3.05, 3.63) is 24.3 Å². The van der Waals surface area contributed by atoms with E-state index in [1.807, 2.05) is 0 Å². The van der Waals surface area contributed by atoms with Crippen molar-refractivity contribution in [3.63, 3.8) is 0 Å². The fourth-order valence-electron chi connectivity index (χ4n) is 1.64. The predicted molar refractivity (Wildman–Crippen MR) is 45.0 cm³/mol. The van der Waals surface area contributed by atoms with Gasteiger partial charge in [0.25, 0.3) is 0 Å². The van der Waals surface area contributed by atoms with E-state index in [2.05, 4.69) is 10.5 Å². The maximum atomic E-state index is 5.36. The zero-order chi connectivity index (χ0) is 8.10. The van der Waals surface area contributed by atoms with Crippen LogP contribution in [-0.2, 0) is 19.4 Å². The molecule has 1 fully saturated rings. The van der Waals surface area contributed by atoms with E-state index in [4.69, 9.17) is 6.58 Å². The summed E-state index contributed by atoms with van der Waals surface area (Å²) in [4.78, 5) is 0. The molecule has 1 saturated carbocycles. The molecule has 0 aromatic heterocycles. The van der Waals surface area contributed by atoms with Gasteiger partial charge < -0.3 is 0 Å². The second-order valence-electron chi connectivity index (χ2n) is 2.96. The van der Waals surface area contributed by atoms with Crippen molar-refractivity contribution >= 4 is 4.40 Å². The third-order valence-corrected chi connectivity index (χ3v) is 3.23. The molecule has 60 valence electrons. The van der Waals surface area contributed by atoms with E-state index in [0.717, 1.165) is 5.92 Å². The van der Waals surface area contributed by atoms with Crippen LogP contribution < -0.4 is 0 Å². The van der Waals surface area contributed by atoms with Crippen LogP contribution in [0.15, 0.2) is 17.7 Å². The van der Waals surface area contributed by atoms with Crippen LogP contribution in [0.5, 0.6) is 0 Å². The van der Waals surface area contributed by atoms with Crippen molar-refractivity contribution in [2.45, 2.75) is 25.7 Å². The zero-order valence-corrected chi connectivity index (χ0v) is 9.56. The molecule has 0 bridgehead atoms. The Morgan fingerprint density at radius 3 is 2.45 bits per heavy atom. The van der Waals surface area contributed by atoms with Crippen LogP contribution >= 0.6 is 0 Å². The molecule has 1 aliphatic rings. The molecular formula is C10H13W-. The summed E-state index contributed by atoms with van der Waals surface area (Å²) in [5.41, 5.74) is 1.46. The van der Waals surface area contributed by atoms with Crippen molar-refractivity contribution in [2.75, 3.05) is 0 Å². The summed E-state index contributed by atoms with van der Waals surface area (Å²) < 4.78 is 2.26. The topological polar surface area (TPSA) is 0 Å². The molecule has 1 rings (SSSR count). The molecular weight excluding hydrogens is 304 g/mol. The second-order valence-corrected chi connectivity index (χ2v) is 3.81. The van der Waals surface area contributed by atoms with E-state index < -0.39 is 0 Å². The first-order valence-corrected chi connectivity index (χ1v) is 5.78. The Bertz CT molecular complexity index is 173. The zero-order valence-electron chi connectivity index (χ0n) is 6.62. The molecule has 1 heteroatoms. The van der Waals surface area contributed by atoms with Crippen molar-refractivity contribution in [2.24, 2.45) is 5.92 Å². The van der Waals surface area contributed by atoms with Gasteiger partial charge in [0.15, 0.2) is 0 Å². The SMILES string of the molecule is [CH-]=C/C=C(\[CH]=[W])C1CCCC1. The molecule has 1 aliphatic carbocycles. The van der Waals surface area contributed by atoms with Crippen LogP contribution in [0.3, 0.4) is 0 Å². The summed E-state index contributed by atoms with van der Waals surface area (Å²) >= 11 is 1.53. The first-order valence-electron chi connectivity index (χ1n) is 4.08. The molecule has 0 aromatic rings. The van der Waals surface area contributed by atoms with Crippen LogP contribution in [-0.4, -0.2) is 4.40 Å². The molecule has 0 heterocycles. The summed E-state index contributed by atoms with van der Waals surface area (Å²) in [7, 11) is 0. The average Bonchev–Trinajstić information content (AvgIpc) is 2.52. The number of allylic oxidation sites excluding steroid dienone is 3. The second kappa shape index (κ2) is 4.82. The Morgan fingerprint density at radius 2 is 2.00 bits per heavy atom. The summed E-state index contributed by atoms with van der Waals surface area (Å²) in [6.45, 7) is 5.36. The fourth-order valence-corrected chi connectivity index (χ4v) is 2.62. The Morgan fingerprint density at radius 1 is 1.36 bits per heavy atom. The number of hydrogen-bond acceptors (Lipinski definition) is 0. The molecule has 0 atom stereocenters. The van der Waals surface area contributed by atoms with Gasteiger partial charge in [0.05, 0.1) is 0 Å². The van der Waals surface area contributed by atoms with Gasteiger partial charge >= 0.3 is 79.7 Å².